The second kappa shape index (κ2) is 3.03. The number of rotatable bonds is 0. The molecule has 0 bridgehead atoms. The number of hydrogen-bond donors (Lipinski definition) is 0. The number of carbonyl (C=O) groups is 1. The molecule has 1 atom stereocenters. The van der Waals surface area contributed by atoms with Gasteiger partial charge in [0.25, 0.3) is 0 Å². The van der Waals surface area contributed by atoms with Crippen molar-refractivity contribution in [3.05, 3.63) is 0 Å². The summed E-state index contributed by atoms with van der Waals surface area (Å²) in [7, 11) is 1.84. The molecule has 1 unspecified atom stereocenters. The topological polar surface area (TPSA) is 20.3 Å². The van der Waals surface area contributed by atoms with Crippen LogP contribution in [-0.4, -0.2) is 24.4 Å². The first-order valence-electron chi connectivity index (χ1n) is 2.54. The van der Waals surface area contributed by atoms with Gasteiger partial charge in [0.05, 0.1) is 0 Å². The lowest BCUT2D eigenvalue weighted by Crippen LogP contribution is -2.17. The van der Waals surface area contributed by atoms with Crippen molar-refractivity contribution in [1.82, 2.24) is 4.90 Å². The fourth-order valence-corrected chi connectivity index (χ4v) is 0.783. The zero-order valence-electron chi connectivity index (χ0n) is 5.18. The fraction of sp³-hybridized carbons (Fsp3) is 0.800. The number of carbonyl (C=O) groups excluding carboxylic acids is 1. The molecule has 1 fully saturated rings. The average Bonchev–Trinajstić information content (AvgIpc) is 1.91. The summed E-state index contributed by atoms with van der Waals surface area (Å²) in [5.74, 6) is 0.292. The van der Waals surface area contributed by atoms with Crippen molar-refractivity contribution < 1.29 is 4.79 Å². The zero-order valence-corrected chi connectivity index (χ0v) is 6.60. The average molecular weight is 133 g/mol. The Morgan fingerprint density at radius 3 is 2.38 bits per heavy atom. The second-order valence-corrected chi connectivity index (χ2v) is 1.92. The van der Waals surface area contributed by atoms with E-state index in [1.54, 1.807) is 4.90 Å². The first kappa shape index (κ1) is 7.90. The molecule has 1 aliphatic rings. The third kappa shape index (κ3) is 1.45. The van der Waals surface area contributed by atoms with E-state index in [1.807, 2.05) is 7.05 Å². The Balaban J connectivity index is 0.000000490. The molecular formula is C5H12NOP. The van der Waals surface area contributed by atoms with E-state index in [1.165, 1.54) is 0 Å². The van der Waals surface area contributed by atoms with Crippen LogP contribution in [0, 0.1) is 0 Å². The second-order valence-electron chi connectivity index (χ2n) is 1.92. The summed E-state index contributed by atoms with van der Waals surface area (Å²) in [6, 6.07) is 0. The van der Waals surface area contributed by atoms with Crippen molar-refractivity contribution in [1.29, 1.82) is 0 Å². The van der Waals surface area contributed by atoms with Gasteiger partial charge < -0.3 is 4.90 Å². The highest BCUT2D eigenvalue weighted by Gasteiger charge is 2.14. The summed E-state index contributed by atoms with van der Waals surface area (Å²) in [5.41, 5.74) is 0. The lowest BCUT2D eigenvalue weighted by Gasteiger charge is -2.03. The van der Waals surface area contributed by atoms with Crippen molar-refractivity contribution in [2.24, 2.45) is 0 Å². The number of amides is 1. The highest BCUT2D eigenvalue weighted by Crippen LogP contribution is 2.04. The number of likely N-dealkylation sites (tertiary alicyclic amines) is 1. The summed E-state index contributed by atoms with van der Waals surface area (Å²) in [5, 5.41) is 0. The van der Waals surface area contributed by atoms with Crippen molar-refractivity contribution in [3.63, 3.8) is 0 Å². The molecule has 0 aromatic heterocycles. The summed E-state index contributed by atoms with van der Waals surface area (Å²) in [4.78, 5) is 12.3. The van der Waals surface area contributed by atoms with E-state index in [2.05, 4.69) is 0 Å². The molecule has 8 heavy (non-hydrogen) atoms. The molecule has 1 amide bonds. The normalized spacial score (nSPS) is 18.6. The number of nitrogens with zero attached hydrogens (tertiary/aromatic N) is 1. The van der Waals surface area contributed by atoms with Gasteiger partial charge in [-0.05, 0) is 6.42 Å². The lowest BCUT2D eigenvalue weighted by molar-refractivity contribution is -0.126. The molecule has 2 nitrogen and oxygen atoms in total. The van der Waals surface area contributed by atoms with Gasteiger partial charge in [-0.3, -0.25) is 4.79 Å². The summed E-state index contributed by atoms with van der Waals surface area (Å²) in [6.07, 6.45) is 1.81. The smallest absolute Gasteiger partial charge is 0.222 e. The van der Waals surface area contributed by atoms with Gasteiger partial charge in [-0.15, -0.1) is 0 Å². The van der Waals surface area contributed by atoms with Crippen LogP contribution in [0.15, 0.2) is 0 Å². The van der Waals surface area contributed by atoms with E-state index in [0.29, 0.717) is 5.91 Å². The van der Waals surface area contributed by atoms with Crippen molar-refractivity contribution in [2.75, 3.05) is 13.6 Å². The van der Waals surface area contributed by atoms with E-state index in [-0.39, 0.29) is 9.90 Å². The van der Waals surface area contributed by atoms with Gasteiger partial charge in [0.2, 0.25) is 5.91 Å². The lowest BCUT2D eigenvalue weighted by atomic mass is 10.4. The van der Waals surface area contributed by atoms with E-state index in [0.717, 1.165) is 19.4 Å². The highest BCUT2D eigenvalue weighted by molar-refractivity contribution is 6.92. The highest BCUT2D eigenvalue weighted by atomic mass is 31.0. The van der Waals surface area contributed by atoms with Gasteiger partial charge in [0.1, 0.15) is 0 Å². The standard InChI is InChI=1S/C5H9NO.H3P/c1-6-4-2-3-5(6)7;/h2-4H2,1H3;1H3. The molecule has 0 radical (unpaired) electrons. The fourth-order valence-electron chi connectivity index (χ4n) is 0.783. The van der Waals surface area contributed by atoms with Crippen LogP contribution in [0.4, 0.5) is 0 Å². The Morgan fingerprint density at radius 2 is 2.25 bits per heavy atom. The third-order valence-corrected chi connectivity index (χ3v) is 1.31. The van der Waals surface area contributed by atoms with Gasteiger partial charge in [0, 0.05) is 20.0 Å². The molecular weight excluding hydrogens is 121 g/mol. The zero-order chi connectivity index (χ0) is 5.28. The van der Waals surface area contributed by atoms with E-state index >= 15 is 0 Å². The molecule has 3 heteroatoms. The molecule has 1 aliphatic heterocycles. The van der Waals surface area contributed by atoms with E-state index < -0.39 is 0 Å². The molecule has 0 aromatic carbocycles. The van der Waals surface area contributed by atoms with Crippen molar-refractivity contribution in [3.8, 4) is 0 Å². The predicted octanol–water partition coefficient (Wildman–Crippen LogP) is 0.297. The molecule has 0 aromatic rings. The Hall–Kier alpha value is -0.100. The van der Waals surface area contributed by atoms with Crippen LogP contribution in [0.25, 0.3) is 0 Å². The monoisotopic (exact) mass is 133 g/mol. The van der Waals surface area contributed by atoms with Crippen LogP contribution in [0.3, 0.4) is 0 Å². The predicted molar refractivity (Wildman–Crippen MR) is 38.0 cm³/mol. The SMILES string of the molecule is CN1CCCC1=O.P. The van der Waals surface area contributed by atoms with Gasteiger partial charge in [0.15, 0.2) is 0 Å². The molecule has 1 heterocycles. The van der Waals surface area contributed by atoms with Crippen molar-refractivity contribution >= 4 is 15.8 Å². The molecule has 48 valence electrons. The maximum Gasteiger partial charge on any atom is 0.222 e. The minimum atomic E-state index is 0. The van der Waals surface area contributed by atoms with Gasteiger partial charge >= 0.3 is 0 Å². The Morgan fingerprint density at radius 1 is 1.62 bits per heavy atom. The van der Waals surface area contributed by atoms with Crippen LogP contribution < -0.4 is 0 Å². The van der Waals surface area contributed by atoms with E-state index in [9.17, 15) is 4.79 Å². The minimum absolute atomic E-state index is 0. The molecule has 1 rings (SSSR count). The third-order valence-electron chi connectivity index (χ3n) is 1.31. The van der Waals surface area contributed by atoms with Crippen LogP contribution in [0.2, 0.25) is 0 Å². The molecule has 0 saturated carbocycles. The Labute approximate surface area is 52.9 Å². The quantitative estimate of drug-likeness (QED) is 0.435. The summed E-state index contributed by atoms with van der Waals surface area (Å²) >= 11 is 0. The van der Waals surface area contributed by atoms with Crippen LogP contribution in [0.5, 0.6) is 0 Å². The van der Waals surface area contributed by atoms with Crippen LogP contribution in [-0.2, 0) is 4.79 Å². The summed E-state index contributed by atoms with van der Waals surface area (Å²) in [6.45, 7) is 0.957. The van der Waals surface area contributed by atoms with Crippen LogP contribution in [0.1, 0.15) is 12.8 Å². The maximum atomic E-state index is 10.5. The summed E-state index contributed by atoms with van der Waals surface area (Å²) < 4.78 is 0. The largest absolute Gasteiger partial charge is 0.346 e. The van der Waals surface area contributed by atoms with E-state index in [4.69, 9.17) is 0 Å². The van der Waals surface area contributed by atoms with Gasteiger partial charge in [-0.25, -0.2) is 0 Å². The Bertz CT molecular complexity index is 94.4. The molecule has 1 saturated heterocycles. The first-order chi connectivity index (χ1) is 3.30. The van der Waals surface area contributed by atoms with Crippen LogP contribution >= 0.6 is 9.90 Å². The first-order valence-corrected chi connectivity index (χ1v) is 2.54. The minimum Gasteiger partial charge on any atom is -0.346 e. The van der Waals surface area contributed by atoms with Gasteiger partial charge in [-0.2, -0.15) is 9.90 Å². The Kier molecular flexibility index (Phi) is 2.99. The number of hydrogen-bond acceptors (Lipinski definition) is 1. The maximum absolute atomic E-state index is 10.5. The molecule has 0 aliphatic carbocycles. The van der Waals surface area contributed by atoms with Gasteiger partial charge in [-0.1, -0.05) is 0 Å². The molecule has 0 spiro atoms. The molecule has 0 N–H and O–H groups in total. The van der Waals surface area contributed by atoms with Crippen molar-refractivity contribution in [2.45, 2.75) is 12.8 Å².